The Kier molecular flexibility index (Phi) is 9.24. The Labute approximate surface area is 205 Å². The fraction of sp³-hybridized carbons (Fsp3) is 0.259. The van der Waals surface area contributed by atoms with E-state index in [-0.39, 0.29) is 19.4 Å². The molecule has 35 heavy (non-hydrogen) atoms. The number of benzene rings is 3. The molecule has 1 N–H and O–H groups in total. The van der Waals surface area contributed by atoms with Crippen molar-refractivity contribution in [1.82, 2.24) is 5.09 Å². The number of para-hydroxylation sites is 1. The van der Waals surface area contributed by atoms with Crippen molar-refractivity contribution in [3.8, 4) is 5.75 Å². The van der Waals surface area contributed by atoms with Crippen LogP contribution in [0.5, 0.6) is 5.75 Å². The average Bonchev–Trinajstić information content (AvgIpc) is 2.85. The van der Waals surface area contributed by atoms with E-state index < -0.39 is 25.5 Å². The van der Waals surface area contributed by atoms with Gasteiger partial charge in [0.05, 0.1) is 18.3 Å². The molecule has 0 saturated carbocycles. The van der Waals surface area contributed by atoms with Gasteiger partial charge in [-0.25, -0.2) is 9.88 Å². The number of hydrogen-bond donors (Lipinski definition) is 1. The monoisotopic (exact) mass is 495 g/mol. The van der Waals surface area contributed by atoms with Crippen molar-refractivity contribution < 1.29 is 28.2 Å². The Morgan fingerprint density at radius 1 is 1.03 bits per heavy atom. The van der Waals surface area contributed by atoms with Crippen LogP contribution in [0.15, 0.2) is 79.4 Å². The minimum Gasteiger partial charge on any atom is -0.465 e. The van der Waals surface area contributed by atoms with E-state index >= 15 is 0 Å². The van der Waals surface area contributed by atoms with Crippen molar-refractivity contribution in [2.45, 2.75) is 32.5 Å². The lowest BCUT2D eigenvalue weighted by Gasteiger charge is -2.24. The summed E-state index contributed by atoms with van der Waals surface area (Å²) in [5, 5.41) is 4.58. The number of fused-ring (bicyclic) bond motifs is 1. The Hall–Kier alpha value is -3.41. The quantitative estimate of drug-likeness (QED) is 0.190. The first kappa shape index (κ1) is 26.2. The second kappa shape index (κ2) is 12.3. The van der Waals surface area contributed by atoms with Crippen LogP contribution in [-0.2, 0) is 25.0 Å². The van der Waals surface area contributed by atoms with Gasteiger partial charge in [-0.15, -0.1) is 0 Å². The maximum absolute atomic E-state index is 13.9. The second-order valence-corrected chi connectivity index (χ2v) is 10.1. The molecule has 3 aromatic rings. The average molecular weight is 496 g/mol. The molecule has 8 heteroatoms. The van der Waals surface area contributed by atoms with Crippen molar-refractivity contribution in [3.63, 3.8) is 0 Å². The van der Waals surface area contributed by atoms with E-state index in [1.54, 1.807) is 43.3 Å². The molecule has 0 fully saturated rings. The summed E-state index contributed by atoms with van der Waals surface area (Å²) in [5.41, 5.74) is 1.13. The van der Waals surface area contributed by atoms with Gasteiger partial charge in [0.25, 0.3) is 0 Å². The van der Waals surface area contributed by atoms with E-state index in [1.807, 2.05) is 37.3 Å². The van der Waals surface area contributed by atoms with Crippen LogP contribution in [0.3, 0.4) is 0 Å². The van der Waals surface area contributed by atoms with Gasteiger partial charge >= 0.3 is 19.5 Å². The van der Waals surface area contributed by atoms with Gasteiger partial charge in [-0.2, -0.15) is 0 Å². The van der Waals surface area contributed by atoms with E-state index in [9.17, 15) is 14.2 Å². The second-order valence-electron chi connectivity index (χ2n) is 8.04. The molecule has 2 atom stereocenters. The van der Waals surface area contributed by atoms with E-state index in [0.717, 1.165) is 16.3 Å². The van der Waals surface area contributed by atoms with Crippen LogP contribution in [0.2, 0.25) is 0 Å². The lowest BCUT2D eigenvalue weighted by atomic mass is 10.0. The maximum atomic E-state index is 13.9. The first-order valence-corrected chi connectivity index (χ1v) is 13.2. The Balaban J connectivity index is 1.88. The van der Waals surface area contributed by atoms with E-state index in [1.165, 1.54) is 6.08 Å². The number of hydrogen-bond acceptors (Lipinski definition) is 6. The van der Waals surface area contributed by atoms with Gasteiger partial charge in [0.2, 0.25) is 0 Å². The van der Waals surface area contributed by atoms with Gasteiger partial charge < -0.3 is 14.0 Å². The molecule has 1 unspecified atom stereocenters. The third-order valence-electron chi connectivity index (χ3n) is 5.05. The molecular weight excluding hydrogens is 465 g/mol. The summed E-state index contributed by atoms with van der Waals surface area (Å²) in [6, 6.07) is 18.8. The molecule has 0 amide bonds. The molecule has 3 rings (SSSR count). The normalized spacial score (nSPS) is 13.4. The van der Waals surface area contributed by atoms with Crippen molar-refractivity contribution >= 4 is 30.2 Å². The molecule has 0 aromatic heterocycles. The fourth-order valence-corrected chi connectivity index (χ4v) is 5.45. The third kappa shape index (κ3) is 7.54. The Morgan fingerprint density at radius 3 is 2.49 bits per heavy atom. The zero-order chi connectivity index (χ0) is 25.3. The SMILES string of the molecule is C=CCOC(=O)c1ccc2ccc(CP(=O)(N[C@@H](C)C(=O)OCCC)Oc3ccccc3)cc2c1. The van der Waals surface area contributed by atoms with Crippen LogP contribution in [0, 0.1) is 0 Å². The van der Waals surface area contributed by atoms with Gasteiger partial charge in [0.1, 0.15) is 18.4 Å². The van der Waals surface area contributed by atoms with Gasteiger partial charge in [-0.05, 0) is 53.9 Å². The Morgan fingerprint density at radius 2 is 1.77 bits per heavy atom. The zero-order valence-corrected chi connectivity index (χ0v) is 20.8. The molecule has 0 heterocycles. The highest BCUT2D eigenvalue weighted by atomic mass is 31.2. The molecular formula is C27H30NO6P. The Bertz CT molecular complexity index is 1230. The number of ether oxygens (including phenoxy) is 2. The fourth-order valence-electron chi connectivity index (χ4n) is 3.41. The number of esters is 2. The van der Waals surface area contributed by atoms with Crippen LogP contribution in [-0.4, -0.2) is 31.2 Å². The molecule has 0 aliphatic carbocycles. The van der Waals surface area contributed by atoms with Crippen molar-refractivity contribution in [2.24, 2.45) is 0 Å². The minimum absolute atomic E-state index is 0.0222. The molecule has 7 nitrogen and oxygen atoms in total. The predicted molar refractivity (Wildman–Crippen MR) is 137 cm³/mol. The van der Waals surface area contributed by atoms with Crippen molar-refractivity contribution in [2.75, 3.05) is 13.2 Å². The predicted octanol–water partition coefficient (Wildman–Crippen LogP) is 5.89. The maximum Gasteiger partial charge on any atom is 0.338 e. The highest BCUT2D eigenvalue weighted by molar-refractivity contribution is 7.56. The van der Waals surface area contributed by atoms with Gasteiger partial charge in [0.15, 0.2) is 0 Å². The van der Waals surface area contributed by atoms with E-state index in [2.05, 4.69) is 11.7 Å². The topological polar surface area (TPSA) is 90.9 Å². The highest BCUT2D eigenvalue weighted by Gasteiger charge is 2.31. The summed E-state index contributed by atoms with van der Waals surface area (Å²) in [6.45, 7) is 7.46. The van der Waals surface area contributed by atoms with E-state index in [0.29, 0.717) is 17.7 Å². The summed E-state index contributed by atoms with van der Waals surface area (Å²) in [6.07, 6.45) is 2.22. The summed E-state index contributed by atoms with van der Waals surface area (Å²) in [5.74, 6) is -0.521. The molecule has 184 valence electrons. The largest absolute Gasteiger partial charge is 0.465 e. The van der Waals surface area contributed by atoms with Gasteiger partial charge in [0, 0.05) is 0 Å². The third-order valence-corrected chi connectivity index (χ3v) is 7.12. The van der Waals surface area contributed by atoms with Crippen LogP contribution in [0.4, 0.5) is 0 Å². The molecule has 0 bridgehead atoms. The van der Waals surface area contributed by atoms with Gasteiger partial charge in [-0.1, -0.05) is 62.0 Å². The summed E-state index contributed by atoms with van der Waals surface area (Å²) < 4.78 is 30.2. The highest BCUT2D eigenvalue weighted by Crippen LogP contribution is 2.47. The summed E-state index contributed by atoms with van der Waals surface area (Å²) in [4.78, 5) is 24.6. The number of carbonyl (C=O) groups is 2. The number of rotatable bonds is 12. The van der Waals surface area contributed by atoms with Gasteiger partial charge in [-0.3, -0.25) is 9.36 Å². The standard InChI is InChI=1S/C27H30NO6P/c1-4-15-32-26(29)20(3)28-35(31,34-25-9-7-6-8-10-25)19-21-11-12-22-13-14-23(18-24(22)17-21)27(30)33-16-5-2/h5-14,17-18,20H,2,4,15-16,19H2,1,3H3,(H,28,31)/t20-,35?/m0/s1. The lowest BCUT2D eigenvalue weighted by molar-refractivity contribution is -0.145. The van der Waals surface area contributed by atoms with Crippen LogP contribution in [0.1, 0.15) is 36.2 Å². The molecule has 3 aromatic carbocycles. The summed E-state index contributed by atoms with van der Waals surface area (Å²) in [7, 11) is -3.58. The molecule has 0 aliphatic rings. The molecule has 0 spiro atoms. The first-order chi connectivity index (χ1) is 16.8. The van der Waals surface area contributed by atoms with Crippen LogP contribution >= 0.6 is 7.52 Å². The van der Waals surface area contributed by atoms with Crippen molar-refractivity contribution in [3.05, 3.63) is 90.5 Å². The first-order valence-electron chi connectivity index (χ1n) is 11.4. The lowest BCUT2D eigenvalue weighted by Crippen LogP contribution is -2.35. The van der Waals surface area contributed by atoms with Crippen LogP contribution < -0.4 is 9.61 Å². The number of carbonyl (C=O) groups excluding carboxylic acids is 2. The minimum atomic E-state index is -3.58. The van der Waals surface area contributed by atoms with Crippen LogP contribution in [0.25, 0.3) is 10.8 Å². The molecule has 0 radical (unpaired) electrons. The smallest absolute Gasteiger partial charge is 0.338 e. The number of nitrogens with one attached hydrogen (secondary N) is 1. The molecule has 0 saturated heterocycles. The summed E-state index contributed by atoms with van der Waals surface area (Å²) >= 11 is 0. The van der Waals surface area contributed by atoms with Crippen molar-refractivity contribution in [1.29, 1.82) is 0 Å². The molecule has 0 aliphatic heterocycles. The van der Waals surface area contributed by atoms with E-state index in [4.69, 9.17) is 14.0 Å². The zero-order valence-electron chi connectivity index (χ0n) is 19.9.